The highest BCUT2D eigenvalue weighted by molar-refractivity contribution is 9.10. The number of rotatable bonds is 12. The highest BCUT2D eigenvalue weighted by Gasteiger charge is 2.37. The average molecular weight is 644 g/mol. The molecule has 0 radical (unpaired) electrons. The quantitative estimate of drug-likeness (QED) is 0.199. The molecule has 9 nitrogen and oxygen atoms in total. The standard InChI is InChI=1S/C30H35BrN4O5S/c1-19(2)18-35(41(38,39)23-11-13-25-28(16-23)40-30(32-4)34-25)26(15-21-8-6-5-7-9-21)27(36)17-33-29(37)24-12-10-22(31)14-20(24)3/h5-14,16,19,26-27,36H,15,17-18H2,1-4H3,(H,32,34)(H,33,37). The second-order valence-electron chi connectivity index (χ2n) is 10.4. The summed E-state index contributed by atoms with van der Waals surface area (Å²) in [6.07, 6.45) is -0.955. The van der Waals surface area contributed by atoms with Crippen LogP contribution in [0.2, 0.25) is 0 Å². The van der Waals surface area contributed by atoms with Crippen molar-refractivity contribution in [2.75, 3.05) is 25.5 Å². The number of aryl methyl sites for hydroxylation is 1. The molecule has 218 valence electrons. The number of nitrogens with one attached hydrogen (secondary N) is 2. The molecule has 4 aromatic rings. The van der Waals surface area contributed by atoms with Gasteiger partial charge in [0.2, 0.25) is 10.0 Å². The van der Waals surface area contributed by atoms with E-state index in [0.29, 0.717) is 16.7 Å². The molecule has 0 aliphatic rings. The van der Waals surface area contributed by atoms with Crippen molar-refractivity contribution in [1.82, 2.24) is 14.6 Å². The number of carbonyl (C=O) groups is 1. The number of benzene rings is 3. The van der Waals surface area contributed by atoms with Gasteiger partial charge in [0, 0.05) is 36.2 Å². The van der Waals surface area contributed by atoms with Gasteiger partial charge in [0.15, 0.2) is 5.58 Å². The van der Waals surface area contributed by atoms with Crippen LogP contribution in [-0.4, -0.2) is 61.0 Å². The van der Waals surface area contributed by atoms with Crippen LogP contribution in [0.5, 0.6) is 0 Å². The molecule has 0 saturated heterocycles. The molecule has 1 aromatic heterocycles. The number of carbonyl (C=O) groups excluding carboxylic acids is 1. The third-order valence-corrected chi connectivity index (χ3v) is 9.11. The van der Waals surface area contributed by atoms with E-state index >= 15 is 0 Å². The van der Waals surface area contributed by atoms with Crippen LogP contribution in [0, 0.1) is 12.8 Å². The largest absolute Gasteiger partial charge is 0.424 e. The van der Waals surface area contributed by atoms with Crippen LogP contribution in [0.15, 0.2) is 80.5 Å². The Labute approximate surface area is 249 Å². The summed E-state index contributed by atoms with van der Waals surface area (Å²) in [5.74, 6) is -0.387. The summed E-state index contributed by atoms with van der Waals surface area (Å²) in [4.78, 5) is 17.3. The van der Waals surface area contributed by atoms with Crippen LogP contribution in [0.1, 0.15) is 35.3 Å². The van der Waals surface area contributed by atoms with Crippen molar-refractivity contribution in [2.45, 2.75) is 44.2 Å². The zero-order valence-electron chi connectivity index (χ0n) is 23.5. The van der Waals surface area contributed by atoms with Crippen molar-refractivity contribution < 1.29 is 22.7 Å². The number of amides is 1. The summed E-state index contributed by atoms with van der Waals surface area (Å²) in [5.41, 5.74) is 2.97. The van der Waals surface area contributed by atoms with Crippen LogP contribution in [0.4, 0.5) is 6.01 Å². The molecule has 0 fully saturated rings. The second-order valence-corrected chi connectivity index (χ2v) is 13.2. The van der Waals surface area contributed by atoms with Gasteiger partial charge in [0.05, 0.1) is 17.0 Å². The van der Waals surface area contributed by atoms with Crippen molar-refractivity contribution in [3.63, 3.8) is 0 Å². The molecule has 0 aliphatic heterocycles. The van der Waals surface area contributed by atoms with Crippen LogP contribution in [0.25, 0.3) is 11.1 Å². The maximum atomic E-state index is 14.2. The van der Waals surface area contributed by atoms with Gasteiger partial charge in [-0.25, -0.2) is 8.42 Å². The Morgan fingerprint density at radius 2 is 1.83 bits per heavy atom. The monoisotopic (exact) mass is 642 g/mol. The lowest BCUT2D eigenvalue weighted by molar-refractivity contribution is 0.0743. The van der Waals surface area contributed by atoms with E-state index in [1.165, 1.54) is 16.4 Å². The van der Waals surface area contributed by atoms with E-state index < -0.39 is 22.2 Å². The molecule has 2 unspecified atom stereocenters. The molecule has 3 aromatic carbocycles. The van der Waals surface area contributed by atoms with Crippen molar-refractivity contribution in [3.8, 4) is 0 Å². The highest BCUT2D eigenvalue weighted by Crippen LogP contribution is 2.28. The molecule has 0 aliphatic carbocycles. The summed E-state index contributed by atoms with van der Waals surface area (Å²) in [5, 5.41) is 17.1. The molecule has 0 spiro atoms. The summed E-state index contributed by atoms with van der Waals surface area (Å²) in [6, 6.07) is 18.7. The third kappa shape index (κ3) is 7.34. The summed E-state index contributed by atoms with van der Waals surface area (Å²) >= 11 is 3.40. The van der Waals surface area contributed by atoms with E-state index in [1.54, 1.807) is 25.2 Å². The Morgan fingerprint density at radius 1 is 1.10 bits per heavy atom. The molecule has 0 saturated carbocycles. The van der Waals surface area contributed by atoms with E-state index in [1.807, 2.05) is 57.2 Å². The molecule has 4 rings (SSSR count). The van der Waals surface area contributed by atoms with Gasteiger partial charge in [0.25, 0.3) is 11.9 Å². The lowest BCUT2D eigenvalue weighted by atomic mass is 10.00. The predicted octanol–water partition coefficient (Wildman–Crippen LogP) is 4.99. The number of hydrogen-bond acceptors (Lipinski definition) is 7. The zero-order valence-corrected chi connectivity index (χ0v) is 25.9. The van der Waals surface area contributed by atoms with Gasteiger partial charge in [-0.1, -0.05) is 60.1 Å². The lowest BCUT2D eigenvalue weighted by Crippen LogP contribution is -2.52. The number of aromatic nitrogens is 1. The Morgan fingerprint density at radius 3 is 2.49 bits per heavy atom. The number of sulfonamides is 1. The topological polar surface area (TPSA) is 125 Å². The smallest absolute Gasteiger partial charge is 0.295 e. The van der Waals surface area contributed by atoms with Crippen LogP contribution < -0.4 is 10.6 Å². The fraction of sp³-hybridized carbons (Fsp3) is 0.333. The minimum absolute atomic E-state index is 0.0317. The van der Waals surface area contributed by atoms with Gasteiger partial charge in [-0.2, -0.15) is 9.29 Å². The van der Waals surface area contributed by atoms with Crippen molar-refractivity contribution in [1.29, 1.82) is 0 Å². The Bertz CT molecular complexity index is 1610. The van der Waals surface area contributed by atoms with Gasteiger partial charge in [-0.15, -0.1) is 0 Å². The number of aliphatic hydroxyl groups is 1. The minimum Gasteiger partial charge on any atom is -0.424 e. The molecule has 3 N–H and O–H groups in total. The number of anilines is 1. The Balaban J connectivity index is 1.68. The first kappa shape index (κ1) is 30.7. The van der Waals surface area contributed by atoms with Gasteiger partial charge in [0.1, 0.15) is 5.52 Å². The predicted molar refractivity (Wildman–Crippen MR) is 163 cm³/mol. The van der Waals surface area contributed by atoms with E-state index in [9.17, 15) is 18.3 Å². The number of aliphatic hydroxyl groups excluding tert-OH is 1. The lowest BCUT2D eigenvalue weighted by Gasteiger charge is -2.35. The maximum absolute atomic E-state index is 14.2. The fourth-order valence-electron chi connectivity index (χ4n) is 4.68. The summed E-state index contributed by atoms with van der Waals surface area (Å²) in [7, 11) is -2.44. The number of fused-ring (bicyclic) bond motifs is 1. The first-order valence-corrected chi connectivity index (χ1v) is 15.6. The molecule has 2 atom stereocenters. The van der Waals surface area contributed by atoms with E-state index in [4.69, 9.17) is 4.42 Å². The zero-order chi connectivity index (χ0) is 29.7. The molecule has 41 heavy (non-hydrogen) atoms. The van der Waals surface area contributed by atoms with Crippen molar-refractivity contribution in [2.24, 2.45) is 5.92 Å². The summed E-state index contributed by atoms with van der Waals surface area (Å²) < 4.78 is 36.3. The third-order valence-electron chi connectivity index (χ3n) is 6.73. The van der Waals surface area contributed by atoms with Gasteiger partial charge in [-0.05, 0) is 60.7 Å². The molecule has 1 amide bonds. The van der Waals surface area contributed by atoms with Crippen molar-refractivity contribution in [3.05, 3.63) is 87.9 Å². The number of hydrogen-bond donors (Lipinski definition) is 3. The SMILES string of the molecule is CNc1nc2ccc(S(=O)(=O)N(CC(C)C)C(Cc3ccccc3)C(O)CNC(=O)c3ccc(Br)cc3C)cc2o1. The first-order chi connectivity index (χ1) is 19.5. The maximum Gasteiger partial charge on any atom is 0.295 e. The average Bonchev–Trinajstić information content (AvgIpc) is 3.36. The van der Waals surface area contributed by atoms with E-state index in [0.717, 1.165) is 15.6 Å². The van der Waals surface area contributed by atoms with Gasteiger partial charge < -0.3 is 20.2 Å². The van der Waals surface area contributed by atoms with Gasteiger partial charge in [-0.3, -0.25) is 4.79 Å². The molecular weight excluding hydrogens is 608 g/mol. The number of nitrogens with zero attached hydrogens (tertiary/aromatic N) is 2. The molecular formula is C30H35BrN4O5S. The van der Waals surface area contributed by atoms with E-state index in [2.05, 4.69) is 31.5 Å². The highest BCUT2D eigenvalue weighted by atomic mass is 79.9. The van der Waals surface area contributed by atoms with Crippen LogP contribution in [0.3, 0.4) is 0 Å². The van der Waals surface area contributed by atoms with Crippen LogP contribution >= 0.6 is 15.9 Å². The second kappa shape index (κ2) is 13.2. The minimum atomic E-state index is -4.10. The Kier molecular flexibility index (Phi) is 9.85. The molecule has 1 heterocycles. The summed E-state index contributed by atoms with van der Waals surface area (Å²) in [6.45, 7) is 5.70. The molecule has 0 bridgehead atoms. The molecule has 11 heteroatoms. The van der Waals surface area contributed by atoms with Crippen LogP contribution in [-0.2, 0) is 16.4 Å². The normalized spacial score (nSPS) is 13.5. The van der Waals surface area contributed by atoms with Crippen molar-refractivity contribution >= 4 is 49.0 Å². The van der Waals surface area contributed by atoms with E-state index in [-0.39, 0.29) is 42.2 Å². The van der Waals surface area contributed by atoms with Gasteiger partial charge >= 0.3 is 0 Å². The number of oxazole rings is 1. The Hall–Kier alpha value is -3.25. The number of halogens is 1. The fourth-order valence-corrected chi connectivity index (χ4v) is 6.98. The first-order valence-electron chi connectivity index (χ1n) is 13.4.